The van der Waals surface area contributed by atoms with Gasteiger partial charge in [-0.05, 0) is 41.5 Å². The van der Waals surface area contributed by atoms with Crippen molar-refractivity contribution < 1.29 is 32.6 Å². The number of benzene rings is 3. The molecule has 0 aromatic heterocycles. The largest absolute Gasteiger partial charge is 0.489 e. The van der Waals surface area contributed by atoms with E-state index in [2.05, 4.69) is 0 Å². The minimum Gasteiger partial charge on any atom is -0.489 e. The molecule has 160 valence electrons. The predicted molar refractivity (Wildman–Crippen MR) is 107 cm³/mol. The molecule has 0 aliphatic carbocycles. The van der Waals surface area contributed by atoms with Crippen LogP contribution in [-0.2, 0) is 11.4 Å². The molecule has 5 nitrogen and oxygen atoms in total. The Kier molecular flexibility index (Phi) is 6.59. The minimum absolute atomic E-state index is 0.0675. The van der Waals surface area contributed by atoms with E-state index in [4.69, 9.17) is 9.84 Å². The molecule has 8 heteroatoms. The van der Waals surface area contributed by atoms with Gasteiger partial charge in [0.1, 0.15) is 24.7 Å². The Morgan fingerprint density at radius 1 is 0.935 bits per heavy atom. The van der Waals surface area contributed by atoms with Crippen molar-refractivity contribution in [1.29, 1.82) is 0 Å². The van der Waals surface area contributed by atoms with Crippen LogP contribution in [0.2, 0.25) is 0 Å². The van der Waals surface area contributed by atoms with Crippen LogP contribution in [0, 0.1) is 17.5 Å². The Labute approximate surface area is 176 Å². The summed E-state index contributed by atoms with van der Waals surface area (Å²) in [6.45, 7) is -0.285. The topological polar surface area (TPSA) is 66.8 Å². The average Bonchev–Trinajstić information content (AvgIpc) is 2.74. The molecule has 0 bridgehead atoms. The van der Waals surface area contributed by atoms with Crippen LogP contribution in [0.25, 0.3) is 11.1 Å². The molecule has 31 heavy (non-hydrogen) atoms. The summed E-state index contributed by atoms with van der Waals surface area (Å²) in [6, 6.07) is 14.0. The second kappa shape index (κ2) is 9.34. The molecule has 0 aliphatic rings. The van der Waals surface area contributed by atoms with Crippen molar-refractivity contribution >= 4 is 11.9 Å². The predicted octanol–water partition coefficient (Wildman–Crippen LogP) is 4.51. The number of halogens is 3. The highest BCUT2D eigenvalue weighted by Gasteiger charge is 2.15. The third kappa shape index (κ3) is 5.42. The first-order chi connectivity index (χ1) is 14.7. The SMILES string of the molecule is CN(CC(=O)O)C(=O)c1cccc(COc2ccc(-c3cc(F)c(F)cc3F)cc2)c1. The summed E-state index contributed by atoms with van der Waals surface area (Å²) in [5.41, 5.74) is 1.30. The molecule has 0 saturated carbocycles. The van der Waals surface area contributed by atoms with E-state index >= 15 is 0 Å². The first kappa shape index (κ1) is 21.9. The van der Waals surface area contributed by atoms with Gasteiger partial charge in [-0.3, -0.25) is 9.59 Å². The molecule has 0 saturated heterocycles. The second-order valence-corrected chi connectivity index (χ2v) is 6.81. The maximum Gasteiger partial charge on any atom is 0.323 e. The monoisotopic (exact) mass is 429 g/mol. The lowest BCUT2D eigenvalue weighted by atomic mass is 10.0. The highest BCUT2D eigenvalue weighted by Crippen LogP contribution is 2.27. The van der Waals surface area contributed by atoms with Crippen LogP contribution >= 0.6 is 0 Å². The van der Waals surface area contributed by atoms with Gasteiger partial charge in [0.05, 0.1) is 0 Å². The van der Waals surface area contributed by atoms with E-state index in [9.17, 15) is 22.8 Å². The summed E-state index contributed by atoms with van der Waals surface area (Å²) in [7, 11) is 1.40. The van der Waals surface area contributed by atoms with Crippen LogP contribution in [0.5, 0.6) is 5.75 Å². The van der Waals surface area contributed by atoms with E-state index in [0.29, 0.717) is 28.5 Å². The van der Waals surface area contributed by atoms with Gasteiger partial charge < -0.3 is 14.7 Å². The summed E-state index contributed by atoms with van der Waals surface area (Å²) in [5.74, 6) is -4.35. The Morgan fingerprint density at radius 2 is 1.61 bits per heavy atom. The van der Waals surface area contributed by atoms with Crippen LogP contribution in [0.3, 0.4) is 0 Å². The Morgan fingerprint density at radius 3 is 2.29 bits per heavy atom. The number of hydrogen-bond acceptors (Lipinski definition) is 3. The molecule has 0 heterocycles. The molecule has 0 radical (unpaired) electrons. The average molecular weight is 429 g/mol. The summed E-state index contributed by atoms with van der Waals surface area (Å²) in [5, 5.41) is 8.81. The number of likely N-dealkylation sites (N-methyl/N-ethyl adjacent to an activating group) is 1. The Balaban J connectivity index is 1.68. The number of aliphatic carboxylic acids is 1. The van der Waals surface area contributed by atoms with Crippen molar-refractivity contribution in [2.45, 2.75) is 6.61 Å². The van der Waals surface area contributed by atoms with E-state index in [1.165, 1.54) is 19.2 Å². The van der Waals surface area contributed by atoms with Gasteiger partial charge in [-0.2, -0.15) is 0 Å². The fourth-order valence-electron chi connectivity index (χ4n) is 2.93. The number of carbonyl (C=O) groups excluding carboxylic acids is 1. The molecule has 3 aromatic carbocycles. The van der Waals surface area contributed by atoms with Crippen molar-refractivity contribution in [1.82, 2.24) is 4.90 Å². The highest BCUT2D eigenvalue weighted by molar-refractivity contribution is 5.95. The number of nitrogens with zero attached hydrogens (tertiary/aromatic N) is 1. The number of carboxylic acids is 1. The number of ether oxygens (including phenoxy) is 1. The molecule has 0 fully saturated rings. The van der Waals surface area contributed by atoms with Crippen molar-refractivity contribution in [3.8, 4) is 16.9 Å². The quantitative estimate of drug-likeness (QED) is 0.562. The summed E-state index contributed by atoms with van der Waals surface area (Å²) in [4.78, 5) is 24.2. The number of hydrogen-bond donors (Lipinski definition) is 1. The zero-order chi connectivity index (χ0) is 22.5. The van der Waals surface area contributed by atoms with Gasteiger partial charge in [-0.1, -0.05) is 24.3 Å². The van der Waals surface area contributed by atoms with Gasteiger partial charge in [0.25, 0.3) is 5.91 Å². The van der Waals surface area contributed by atoms with Gasteiger partial charge >= 0.3 is 5.97 Å². The van der Waals surface area contributed by atoms with Crippen LogP contribution < -0.4 is 4.74 Å². The first-order valence-corrected chi connectivity index (χ1v) is 9.18. The number of carbonyl (C=O) groups is 2. The lowest BCUT2D eigenvalue weighted by Crippen LogP contribution is -2.31. The zero-order valence-electron chi connectivity index (χ0n) is 16.4. The van der Waals surface area contributed by atoms with Crippen molar-refractivity contribution in [2.75, 3.05) is 13.6 Å². The second-order valence-electron chi connectivity index (χ2n) is 6.81. The third-order valence-electron chi connectivity index (χ3n) is 4.47. The standard InChI is InChI=1S/C23H18F3NO4/c1-27(12-22(28)29)23(30)16-4-2-3-14(9-16)13-31-17-7-5-15(6-8-17)18-10-20(25)21(26)11-19(18)24/h2-11H,12-13H2,1H3,(H,28,29). The van der Waals surface area contributed by atoms with Crippen LogP contribution in [-0.4, -0.2) is 35.5 Å². The van der Waals surface area contributed by atoms with E-state index in [1.807, 2.05) is 0 Å². The Hall–Kier alpha value is -3.81. The van der Waals surface area contributed by atoms with Gasteiger partial charge in [0.15, 0.2) is 11.6 Å². The lowest BCUT2D eigenvalue weighted by Gasteiger charge is -2.15. The summed E-state index contributed by atoms with van der Waals surface area (Å²) >= 11 is 0. The minimum atomic E-state index is -1.25. The van der Waals surface area contributed by atoms with E-state index in [0.717, 1.165) is 11.0 Å². The van der Waals surface area contributed by atoms with Crippen LogP contribution in [0.15, 0.2) is 60.7 Å². The lowest BCUT2D eigenvalue weighted by molar-refractivity contribution is -0.137. The molecule has 0 aliphatic heterocycles. The molecule has 3 rings (SSSR count). The Bertz CT molecular complexity index is 1120. The number of amides is 1. The maximum atomic E-state index is 13.9. The van der Waals surface area contributed by atoms with E-state index in [1.54, 1.807) is 36.4 Å². The van der Waals surface area contributed by atoms with Gasteiger partial charge in [0, 0.05) is 24.2 Å². The van der Waals surface area contributed by atoms with Gasteiger partial charge in [-0.25, -0.2) is 13.2 Å². The highest BCUT2D eigenvalue weighted by atomic mass is 19.2. The summed E-state index contributed by atoms with van der Waals surface area (Å²) < 4.78 is 46.1. The van der Waals surface area contributed by atoms with Crippen molar-refractivity contribution in [3.63, 3.8) is 0 Å². The fraction of sp³-hybridized carbons (Fsp3) is 0.130. The maximum absolute atomic E-state index is 13.9. The molecule has 1 amide bonds. The third-order valence-corrected chi connectivity index (χ3v) is 4.47. The van der Waals surface area contributed by atoms with Crippen molar-refractivity contribution in [3.05, 3.63) is 89.2 Å². The normalized spacial score (nSPS) is 10.6. The molecular formula is C23H18F3NO4. The van der Waals surface area contributed by atoms with Gasteiger partial charge in [-0.15, -0.1) is 0 Å². The molecule has 0 unspecified atom stereocenters. The molecule has 1 N–H and O–H groups in total. The van der Waals surface area contributed by atoms with E-state index < -0.39 is 35.9 Å². The molecular weight excluding hydrogens is 411 g/mol. The summed E-state index contributed by atoms with van der Waals surface area (Å²) in [6.07, 6.45) is 0. The fourth-order valence-corrected chi connectivity index (χ4v) is 2.93. The van der Waals surface area contributed by atoms with Crippen LogP contribution in [0.4, 0.5) is 13.2 Å². The molecule has 0 spiro atoms. The zero-order valence-corrected chi connectivity index (χ0v) is 16.4. The number of rotatable bonds is 7. The molecule has 3 aromatic rings. The van der Waals surface area contributed by atoms with Gasteiger partial charge in [0.2, 0.25) is 0 Å². The smallest absolute Gasteiger partial charge is 0.323 e. The van der Waals surface area contributed by atoms with Crippen LogP contribution in [0.1, 0.15) is 15.9 Å². The van der Waals surface area contributed by atoms with Crippen molar-refractivity contribution in [2.24, 2.45) is 0 Å². The first-order valence-electron chi connectivity index (χ1n) is 9.18. The number of carboxylic acid groups (broad SMARTS) is 1. The molecule has 0 atom stereocenters. The van der Waals surface area contributed by atoms with E-state index in [-0.39, 0.29) is 12.2 Å².